The zero-order chi connectivity index (χ0) is 18.0. The van der Waals surface area contributed by atoms with Crippen molar-refractivity contribution in [3.8, 4) is 5.88 Å². The highest BCUT2D eigenvalue weighted by molar-refractivity contribution is 6.31. The third-order valence-electron chi connectivity index (χ3n) is 4.21. The van der Waals surface area contributed by atoms with Crippen molar-refractivity contribution in [3.05, 3.63) is 46.1 Å². The summed E-state index contributed by atoms with van der Waals surface area (Å²) in [6.45, 7) is 3.05. The highest BCUT2D eigenvalue weighted by atomic mass is 35.5. The Morgan fingerprint density at radius 1 is 1.28 bits per heavy atom. The molecule has 1 aliphatic carbocycles. The first-order chi connectivity index (χ1) is 11.9. The van der Waals surface area contributed by atoms with Gasteiger partial charge in [-0.25, -0.2) is 0 Å². The first-order valence-electron chi connectivity index (χ1n) is 8.42. The van der Waals surface area contributed by atoms with Gasteiger partial charge in [-0.3, -0.25) is 4.68 Å². The number of hydrogen-bond donors (Lipinski definition) is 0. The molecule has 136 valence electrons. The molecule has 0 aliphatic heterocycles. The lowest BCUT2D eigenvalue weighted by molar-refractivity contribution is -0.137. The van der Waals surface area contributed by atoms with Crippen LogP contribution in [-0.4, -0.2) is 16.4 Å². The van der Waals surface area contributed by atoms with E-state index in [1.807, 2.05) is 6.07 Å². The Bertz CT molecular complexity index is 738. The van der Waals surface area contributed by atoms with Gasteiger partial charge in [-0.1, -0.05) is 31.0 Å². The second-order valence-electron chi connectivity index (χ2n) is 6.44. The van der Waals surface area contributed by atoms with Crippen molar-refractivity contribution in [2.45, 2.75) is 45.3 Å². The van der Waals surface area contributed by atoms with Crippen LogP contribution in [0, 0.1) is 5.92 Å². The quantitative estimate of drug-likeness (QED) is 0.655. The second kappa shape index (κ2) is 7.28. The standard InChI is InChI=1S/C18H20ClF3N2O/c1-2-3-15-9-17(25-11-12-4-5-12)23-24(15)10-13-6-7-14(8-16(13)19)18(20,21)22/h6-9,12H,2-5,10-11H2,1H3. The largest absolute Gasteiger partial charge is 0.476 e. The van der Waals surface area contributed by atoms with Crippen molar-refractivity contribution >= 4 is 11.6 Å². The number of halogens is 4. The van der Waals surface area contributed by atoms with Crippen LogP contribution < -0.4 is 4.74 Å². The van der Waals surface area contributed by atoms with Crippen molar-refractivity contribution < 1.29 is 17.9 Å². The summed E-state index contributed by atoms with van der Waals surface area (Å²) in [7, 11) is 0. The molecule has 1 aliphatic rings. The number of ether oxygens (including phenoxy) is 1. The number of hydrogen-bond acceptors (Lipinski definition) is 2. The Balaban J connectivity index is 1.78. The van der Waals surface area contributed by atoms with E-state index in [9.17, 15) is 13.2 Å². The van der Waals surface area contributed by atoms with Gasteiger partial charge in [-0.05, 0) is 42.9 Å². The molecule has 0 atom stereocenters. The van der Waals surface area contributed by atoms with E-state index in [1.54, 1.807) is 4.68 Å². The first-order valence-corrected chi connectivity index (χ1v) is 8.79. The predicted molar refractivity (Wildman–Crippen MR) is 90.0 cm³/mol. The number of aromatic nitrogens is 2. The molecule has 1 heterocycles. The Kier molecular flexibility index (Phi) is 5.27. The van der Waals surface area contributed by atoms with E-state index in [2.05, 4.69) is 12.0 Å². The third-order valence-corrected chi connectivity index (χ3v) is 4.56. The molecule has 7 heteroatoms. The number of rotatable bonds is 7. The fourth-order valence-electron chi connectivity index (χ4n) is 2.59. The third kappa shape index (κ3) is 4.69. The van der Waals surface area contributed by atoms with Gasteiger partial charge in [0.05, 0.1) is 18.7 Å². The number of benzene rings is 1. The Morgan fingerprint density at radius 3 is 2.64 bits per heavy atom. The molecule has 1 aromatic carbocycles. The molecule has 0 spiro atoms. The maximum Gasteiger partial charge on any atom is 0.416 e. The van der Waals surface area contributed by atoms with Crippen LogP contribution in [0.3, 0.4) is 0 Å². The molecule has 2 aromatic rings. The minimum atomic E-state index is -4.40. The highest BCUT2D eigenvalue weighted by Crippen LogP contribution is 2.33. The summed E-state index contributed by atoms with van der Waals surface area (Å²) in [6, 6.07) is 5.33. The summed E-state index contributed by atoms with van der Waals surface area (Å²) in [4.78, 5) is 0. The average molecular weight is 373 g/mol. The van der Waals surface area contributed by atoms with E-state index in [1.165, 1.54) is 18.9 Å². The van der Waals surface area contributed by atoms with Gasteiger partial charge in [0.25, 0.3) is 0 Å². The van der Waals surface area contributed by atoms with Crippen LogP contribution in [-0.2, 0) is 19.1 Å². The van der Waals surface area contributed by atoms with Gasteiger partial charge in [-0.2, -0.15) is 13.2 Å². The summed E-state index contributed by atoms with van der Waals surface area (Å²) in [5.74, 6) is 1.20. The summed E-state index contributed by atoms with van der Waals surface area (Å²) in [5, 5.41) is 4.54. The minimum absolute atomic E-state index is 0.0909. The van der Waals surface area contributed by atoms with Crippen LogP contribution in [0.2, 0.25) is 5.02 Å². The van der Waals surface area contributed by atoms with Crippen LogP contribution in [0.15, 0.2) is 24.3 Å². The molecule has 0 bridgehead atoms. The zero-order valence-corrected chi connectivity index (χ0v) is 14.7. The monoisotopic (exact) mass is 372 g/mol. The Hall–Kier alpha value is -1.69. The fraction of sp³-hybridized carbons (Fsp3) is 0.500. The molecule has 0 radical (unpaired) electrons. The van der Waals surface area contributed by atoms with Gasteiger partial charge in [0.15, 0.2) is 0 Å². The van der Waals surface area contributed by atoms with Gasteiger partial charge in [-0.15, -0.1) is 5.10 Å². The molecule has 1 fully saturated rings. The van der Waals surface area contributed by atoms with E-state index in [4.69, 9.17) is 16.3 Å². The lowest BCUT2D eigenvalue weighted by Crippen LogP contribution is -2.09. The van der Waals surface area contributed by atoms with Gasteiger partial charge < -0.3 is 4.74 Å². The van der Waals surface area contributed by atoms with Crippen molar-refractivity contribution in [1.82, 2.24) is 9.78 Å². The van der Waals surface area contributed by atoms with Crippen LogP contribution >= 0.6 is 11.6 Å². The van der Waals surface area contributed by atoms with E-state index < -0.39 is 11.7 Å². The van der Waals surface area contributed by atoms with Crippen LogP contribution in [0.1, 0.15) is 43.0 Å². The van der Waals surface area contributed by atoms with Crippen LogP contribution in [0.5, 0.6) is 5.88 Å². The molecular formula is C18H20ClF3N2O. The summed E-state index contributed by atoms with van der Waals surface area (Å²) < 4.78 is 45.7. The van der Waals surface area contributed by atoms with Gasteiger partial charge in [0.2, 0.25) is 5.88 Å². The second-order valence-corrected chi connectivity index (χ2v) is 6.85. The molecule has 0 amide bonds. The van der Waals surface area contributed by atoms with Gasteiger partial charge in [0, 0.05) is 16.8 Å². The Morgan fingerprint density at radius 2 is 2.04 bits per heavy atom. The predicted octanol–water partition coefficient (Wildman–Crippen LogP) is 5.34. The molecule has 1 aromatic heterocycles. The van der Waals surface area contributed by atoms with Crippen LogP contribution in [0.4, 0.5) is 13.2 Å². The fourth-order valence-corrected chi connectivity index (χ4v) is 2.84. The summed E-state index contributed by atoms with van der Waals surface area (Å²) >= 11 is 6.06. The molecule has 3 rings (SSSR count). The smallest absolute Gasteiger partial charge is 0.416 e. The molecule has 25 heavy (non-hydrogen) atoms. The molecule has 1 saturated carbocycles. The van der Waals surface area contributed by atoms with Gasteiger partial charge in [0.1, 0.15) is 0 Å². The first kappa shape index (κ1) is 18.1. The van der Waals surface area contributed by atoms with Crippen LogP contribution in [0.25, 0.3) is 0 Å². The molecule has 0 N–H and O–H groups in total. The molecule has 0 unspecified atom stereocenters. The topological polar surface area (TPSA) is 27.1 Å². The van der Waals surface area contributed by atoms with E-state index in [0.717, 1.165) is 30.7 Å². The van der Waals surface area contributed by atoms with E-state index in [-0.39, 0.29) is 5.02 Å². The van der Waals surface area contributed by atoms with Crippen molar-refractivity contribution in [2.75, 3.05) is 6.61 Å². The molecule has 3 nitrogen and oxygen atoms in total. The SMILES string of the molecule is CCCc1cc(OCC2CC2)nn1Cc1ccc(C(F)(F)F)cc1Cl. The lowest BCUT2D eigenvalue weighted by atomic mass is 10.1. The maximum absolute atomic E-state index is 12.8. The molecular weight excluding hydrogens is 353 g/mol. The number of alkyl halides is 3. The van der Waals surface area contributed by atoms with Gasteiger partial charge >= 0.3 is 6.18 Å². The summed E-state index contributed by atoms with van der Waals surface area (Å²) in [6.07, 6.45) is -0.245. The van der Waals surface area contributed by atoms with E-state index in [0.29, 0.717) is 30.5 Å². The number of aryl methyl sites for hydroxylation is 1. The van der Waals surface area contributed by atoms with Crippen molar-refractivity contribution in [3.63, 3.8) is 0 Å². The van der Waals surface area contributed by atoms with Crippen molar-refractivity contribution in [2.24, 2.45) is 5.92 Å². The normalized spacial score (nSPS) is 14.8. The van der Waals surface area contributed by atoms with Crippen molar-refractivity contribution in [1.29, 1.82) is 0 Å². The maximum atomic E-state index is 12.8. The summed E-state index contributed by atoms with van der Waals surface area (Å²) in [5.41, 5.74) is 0.845. The zero-order valence-electron chi connectivity index (χ0n) is 13.9. The molecule has 0 saturated heterocycles. The lowest BCUT2D eigenvalue weighted by Gasteiger charge is -2.11. The highest BCUT2D eigenvalue weighted by Gasteiger charge is 2.31. The Labute approximate surface area is 149 Å². The average Bonchev–Trinajstić information content (AvgIpc) is 3.29. The minimum Gasteiger partial charge on any atom is -0.476 e. The van der Waals surface area contributed by atoms with E-state index >= 15 is 0 Å². The number of nitrogens with zero attached hydrogens (tertiary/aromatic N) is 2.